The molecule has 0 spiro atoms. The number of hydrogen-bond acceptors (Lipinski definition) is 4. The summed E-state index contributed by atoms with van der Waals surface area (Å²) >= 11 is 0. The molecule has 1 N–H and O–H groups in total. The van der Waals surface area contributed by atoms with Crippen LogP contribution in [0.25, 0.3) is 5.69 Å². The molecule has 3 rings (SSSR count). The number of piperidine rings is 1. The fourth-order valence-corrected chi connectivity index (χ4v) is 3.05. The Kier molecular flexibility index (Phi) is 4.48. The quantitative estimate of drug-likeness (QED) is 0.915. The smallest absolute Gasteiger partial charge is 0.304 e. The van der Waals surface area contributed by atoms with Gasteiger partial charge in [-0.1, -0.05) is 24.6 Å². The van der Waals surface area contributed by atoms with E-state index < -0.39 is 5.97 Å². The van der Waals surface area contributed by atoms with Crippen molar-refractivity contribution < 1.29 is 9.90 Å². The third-order valence-electron chi connectivity index (χ3n) is 4.16. The Morgan fingerprint density at radius 3 is 2.86 bits per heavy atom. The van der Waals surface area contributed by atoms with E-state index in [0.717, 1.165) is 37.3 Å². The van der Waals surface area contributed by atoms with Crippen molar-refractivity contribution in [2.45, 2.75) is 38.3 Å². The van der Waals surface area contributed by atoms with Crippen molar-refractivity contribution >= 4 is 5.97 Å². The van der Waals surface area contributed by atoms with Gasteiger partial charge in [-0.3, -0.25) is 14.3 Å². The van der Waals surface area contributed by atoms with E-state index in [1.54, 1.807) is 6.33 Å². The fourth-order valence-electron chi connectivity index (χ4n) is 3.05. The number of rotatable bonds is 5. The summed E-state index contributed by atoms with van der Waals surface area (Å²) < 4.78 is 1.96. The molecule has 1 fully saturated rings. The lowest BCUT2D eigenvalue weighted by Crippen LogP contribution is -2.40. The average Bonchev–Trinajstić information content (AvgIpc) is 2.98. The van der Waals surface area contributed by atoms with Crippen molar-refractivity contribution in [1.82, 2.24) is 19.7 Å². The van der Waals surface area contributed by atoms with Crippen molar-refractivity contribution in [2.75, 3.05) is 6.54 Å². The number of likely N-dealkylation sites (tertiary alicyclic amines) is 1. The topological polar surface area (TPSA) is 71.2 Å². The van der Waals surface area contributed by atoms with Gasteiger partial charge >= 0.3 is 5.97 Å². The highest BCUT2D eigenvalue weighted by atomic mass is 16.4. The monoisotopic (exact) mass is 300 g/mol. The zero-order chi connectivity index (χ0) is 15.4. The van der Waals surface area contributed by atoms with Crippen LogP contribution in [-0.2, 0) is 11.3 Å². The van der Waals surface area contributed by atoms with Crippen LogP contribution in [0.2, 0.25) is 0 Å². The summed E-state index contributed by atoms with van der Waals surface area (Å²) in [6.07, 6.45) is 5.04. The second kappa shape index (κ2) is 6.70. The van der Waals surface area contributed by atoms with Gasteiger partial charge in [-0.2, -0.15) is 0 Å². The highest BCUT2D eigenvalue weighted by Gasteiger charge is 2.26. The molecule has 2 heterocycles. The van der Waals surface area contributed by atoms with Crippen LogP contribution in [0.1, 0.15) is 31.5 Å². The molecule has 1 atom stereocenters. The largest absolute Gasteiger partial charge is 0.481 e. The van der Waals surface area contributed by atoms with Gasteiger partial charge in [0.2, 0.25) is 0 Å². The average molecular weight is 300 g/mol. The van der Waals surface area contributed by atoms with Gasteiger partial charge in [0.1, 0.15) is 6.33 Å². The zero-order valence-corrected chi connectivity index (χ0v) is 12.4. The fraction of sp³-hybridized carbons (Fsp3) is 0.438. The van der Waals surface area contributed by atoms with Crippen molar-refractivity contribution in [3.05, 3.63) is 42.5 Å². The standard InChI is InChI=1S/C16H20N4O2/c21-16(22)10-14-8-4-5-9-19(14)11-15-18-17-12-20(15)13-6-2-1-3-7-13/h1-3,6-7,12,14H,4-5,8-11H2,(H,21,22)/t14-/m1/s1. The predicted molar refractivity (Wildman–Crippen MR) is 81.7 cm³/mol. The number of carboxylic acid groups (broad SMARTS) is 1. The zero-order valence-electron chi connectivity index (χ0n) is 12.4. The lowest BCUT2D eigenvalue weighted by molar-refractivity contribution is -0.138. The van der Waals surface area contributed by atoms with Crippen molar-refractivity contribution in [1.29, 1.82) is 0 Å². The maximum atomic E-state index is 11.0. The molecular formula is C16H20N4O2. The molecule has 1 aromatic carbocycles. The normalized spacial score (nSPS) is 19.2. The number of benzene rings is 1. The Balaban J connectivity index is 1.78. The number of carbonyl (C=O) groups is 1. The van der Waals surface area contributed by atoms with Gasteiger partial charge in [0.05, 0.1) is 13.0 Å². The highest BCUT2D eigenvalue weighted by Crippen LogP contribution is 2.22. The number of nitrogens with zero attached hydrogens (tertiary/aromatic N) is 4. The lowest BCUT2D eigenvalue weighted by atomic mass is 9.99. The molecule has 1 aliphatic heterocycles. The van der Waals surface area contributed by atoms with E-state index in [2.05, 4.69) is 15.1 Å². The molecule has 116 valence electrons. The third-order valence-corrected chi connectivity index (χ3v) is 4.16. The first-order valence-corrected chi connectivity index (χ1v) is 7.64. The van der Waals surface area contributed by atoms with Crippen LogP contribution >= 0.6 is 0 Å². The second-order valence-electron chi connectivity index (χ2n) is 5.67. The molecule has 6 heteroatoms. The number of para-hydroxylation sites is 1. The van der Waals surface area contributed by atoms with Crippen LogP contribution in [0.5, 0.6) is 0 Å². The summed E-state index contributed by atoms with van der Waals surface area (Å²) in [5.41, 5.74) is 1.02. The predicted octanol–water partition coefficient (Wildman–Crippen LogP) is 2.10. The molecule has 0 unspecified atom stereocenters. The first kappa shape index (κ1) is 14.7. The van der Waals surface area contributed by atoms with Gasteiger partial charge in [0.25, 0.3) is 0 Å². The maximum Gasteiger partial charge on any atom is 0.304 e. The molecule has 1 aromatic heterocycles. The van der Waals surface area contributed by atoms with Crippen molar-refractivity contribution in [3.8, 4) is 5.69 Å². The molecule has 1 aliphatic rings. The SMILES string of the molecule is O=C(O)C[C@H]1CCCCN1Cc1nncn1-c1ccccc1. The van der Waals surface area contributed by atoms with Crippen LogP contribution in [0.3, 0.4) is 0 Å². The van der Waals surface area contributed by atoms with Crippen LogP contribution in [0.4, 0.5) is 0 Å². The molecular weight excluding hydrogens is 280 g/mol. The van der Waals surface area contributed by atoms with E-state index in [4.69, 9.17) is 5.11 Å². The molecule has 0 radical (unpaired) electrons. The number of aromatic nitrogens is 3. The first-order valence-electron chi connectivity index (χ1n) is 7.64. The van der Waals surface area contributed by atoms with Gasteiger partial charge < -0.3 is 5.11 Å². The number of aliphatic carboxylic acids is 1. The Bertz CT molecular complexity index is 626. The van der Waals surface area contributed by atoms with E-state index in [0.29, 0.717) is 6.54 Å². The van der Waals surface area contributed by atoms with E-state index >= 15 is 0 Å². The molecule has 0 amide bonds. The maximum absolute atomic E-state index is 11.0. The van der Waals surface area contributed by atoms with Crippen LogP contribution in [0, 0.1) is 0 Å². The summed E-state index contributed by atoms with van der Waals surface area (Å²) in [5, 5.41) is 17.3. The highest BCUT2D eigenvalue weighted by molar-refractivity contribution is 5.67. The van der Waals surface area contributed by atoms with E-state index in [-0.39, 0.29) is 12.5 Å². The first-order chi connectivity index (χ1) is 10.7. The molecule has 0 saturated carbocycles. The molecule has 6 nitrogen and oxygen atoms in total. The van der Waals surface area contributed by atoms with Crippen molar-refractivity contribution in [3.63, 3.8) is 0 Å². The molecule has 22 heavy (non-hydrogen) atoms. The van der Waals surface area contributed by atoms with Gasteiger partial charge in [-0.15, -0.1) is 10.2 Å². The number of hydrogen-bond donors (Lipinski definition) is 1. The van der Waals surface area contributed by atoms with Gasteiger partial charge in [-0.25, -0.2) is 0 Å². The van der Waals surface area contributed by atoms with Gasteiger partial charge in [-0.05, 0) is 31.5 Å². The van der Waals surface area contributed by atoms with Gasteiger partial charge in [0.15, 0.2) is 5.82 Å². The minimum Gasteiger partial charge on any atom is -0.481 e. The summed E-state index contributed by atoms with van der Waals surface area (Å²) in [5.74, 6) is 0.116. The van der Waals surface area contributed by atoms with Crippen LogP contribution < -0.4 is 0 Å². The Hall–Kier alpha value is -2.21. The van der Waals surface area contributed by atoms with E-state index in [9.17, 15) is 4.79 Å². The molecule has 0 bridgehead atoms. The Morgan fingerprint density at radius 1 is 1.27 bits per heavy atom. The van der Waals surface area contributed by atoms with Crippen molar-refractivity contribution in [2.24, 2.45) is 0 Å². The second-order valence-corrected chi connectivity index (χ2v) is 5.67. The lowest BCUT2D eigenvalue weighted by Gasteiger charge is -2.34. The molecule has 1 saturated heterocycles. The third kappa shape index (κ3) is 3.33. The van der Waals surface area contributed by atoms with Crippen LogP contribution in [-0.4, -0.2) is 43.3 Å². The van der Waals surface area contributed by atoms with Gasteiger partial charge in [0, 0.05) is 11.7 Å². The summed E-state index contributed by atoms with van der Waals surface area (Å²) in [4.78, 5) is 13.3. The minimum absolute atomic E-state index is 0.0900. The number of carboxylic acids is 1. The Labute approximate surface area is 129 Å². The van der Waals surface area contributed by atoms with Crippen LogP contribution in [0.15, 0.2) is 36.7 Å². The molecule has 2 aromatic rings. The summed E-state index contributed by atoms with van der Waals surface area (Å²) in [6, 6.07) is 10.0. The molecule has 0 aliphatic carbocycles. The minimum atomic E-state index is -0.735. The summed E-state index contributed by atoms with van der Waals surface area (Å²) in [6.45, 7) is 1.55. The van der Waals surface area contributed by atoms with E-state index in [1.165, 1.54) is 0 Å². The van der Waals surface area contributed by atoms with E-state index in [1.807, 2.05) is 34.9 Å². The summed E-state index contributed by atoms with van der Waals surface area (Å²) in [7, 11) is 0. The Morgan fingerprint density at radius 2 is 2.09 bits per heavy atom.